The molecule has 0 aliphatic heterocycles. The van der Waals surface area contributed by atoms with Gasteiger partial charge in [-0.25, -0.2) is 0 Å². The summed E-state index contributed by atoms with van der Waals surface area (Å²) in [6.07, 6.45) is -5.66. The van der Waals surface area contributed by atoms with E-state index in [9.17, 15) is 22.0 Å². The summed E-state index contributed by atoms with van der Waals surface area (Å²) in [5.74, 6) is -4.96. The summed E-state index contributed by atoms with van der Waals surface area (Å²) in [7, 11) is 0. The average molecular weight is 408 g/mol. The van der Waals surface area contributed by atoms with Gasteiger partial charge in [0.1, 0.15) is 5.38 Å². The summed E-state index contributed by atoms with van der Waals surface area (Å²) < 4.78 is 62.6. The molecule has 0 aromatic carbocycles. The van der Waals surface area contributed by atoms with Crippen LogP contribution < -0.4 is 0 Å². The molecule has 0 fully saturated rings. The predicted molar refractivity (Wildman–Crippen MR) is 59.3 cm³/mol. The molecule has 0 saturated heterocycles. The lowest BCUT2D eigenvalue weighted by Gasteiger charge is -2.23. The zero-order chi connectivity index (χ0) is 12.7. The van der Waals surface area contributed by atoms with E-state index in [-0.39, 0.29) is 4.88 Å². The van der Waals surface area contributed by atoms with E-state index in [4.69, 9.17) is 11.6 Å². The van der Waals surface area contributed by atoms with Crippen molar-refractivity contribution >= 4 is 54.8 Å². The van der Waals surface area contributed by atoms with Crippen molar-refractivity contribution in [2.75, 3.05) is 0 Å². The topological polar surface area (TPSA) is 0 Å². The highest BCUT2D eigenvalue weighted by molar-refractivity contribution is 9.13. The lowest BCUT2D eigenvalue weighted by molar-refractivity contribution is -0.283. The monoisotopic (exact) mass is 406 g/mol. The highest BCUT2D eigenvalue weighted by Gasteiger charge is 2.62. The van der Waals surface area contributed by atoms with Crippen LogP contribution in [0.3, 0.4) is 0 Å². The predicted octanol–water partition coefficient (Wildman–Crippen LogP) is 5.75. The standard InChI is InChI=1S/C7H2Br2ClF5S/c8-2-1-3(16-5(2)9)4(10)6(11,12)7(13,14)15/h1,4H. The Balaban J connectivity index is 3.07. The zero-order valence-electron chi connectivity index (χ0n) is 7.09. The molecule has 0 amide bonds. The van der Waals surface area contributed by atoms with Crippen LogP contribution in [-0.2, 0) is 0 Å². The van der Waals surface area contributed by atoms with E-state index >= 15 is 0 Å². The number of rotatable bonds is 2. The van der Waals surface area contributed by atoms with E-state index in [1.54, 1.807) is 0 Å². The Bertz CT molecular complexity index is 369. The van der Waals surface area contributed by atoms with Crippen LogP contribution in [-0.4, -0.2) is 12.1 Å². The lowest BCUT2D eigenvalue weighted by Crippen LogP contribution is -2.39. The molecule has 0 spiro atoms. The molecule has 1 rings (SSSR count). The maximum Gasteiger partial charge on any atom is 0.455 e. The molecule has 0 radical (unpaired) electrons. The Morgan fingerprint density at radius 2 is 1.69 bits per heavy atom. The number of alkyl halides is 6. The molecule has 1 aromatic rings. The fourth-order valence-corrected chi connectivity index (χ4v) is 3.24. The molecular weight excluding hydrogens is 406 g/mol. The molecule has 0 aliphatic rings. The molecule has 1 heterocycles. The van der Waals surface area contributed by atoms with Gasteiger partial charge in [0.15, 0.2) is 0 Å². The van der Waals surface area contributed by atoms with E-state index < -0.39 is 17.5 Å². The molecule has 16 heavy (non-hydrogen) atoms. The van der Waals surface area contributed by atoms with Gasteiger partial charge in [-0.2, -0.15) is 22.0 Å². The molecular formula is C7H2Br2ClF5S. The summed E-state index contributed by atoms with van der Waals surface area (Å²) in [5.41, 5.74) is 0. The minimum absolute atomic E-state index is 0.261. The Kier molecular flexibility index (Phi) is 4.31. The van der Waals surface area contributed by atoms with Crippen LogP contribution in [0, 0.1) is 0 Å². The van der Waals surface area contributed by atoms with Crippen LogP contribution in [0.15, 0.2) is 14.3 Å². The minimum atomic E-state index is -5.66. The van der Waals surface area contributed by atoms with Crippen molar-refractivity contribution < 1.29 is 22.0 Å². The van der Waals surface area contributed by atoms with Crippen molar-refractivity contribution in [3.05, 3.63) is 19.2 Å². The van der Waals surface area contributed by atoms with Gasteiger partial charge < -0.3 is 0 Å². The van der Waals surface area contributed by atoms with E-state index in [0.717, 1.165) is 17.4 Å². The van der Waals surface area contributed by atoms with Crippen LogP contribution in [0.5, 0.6) is 0 Å². The first-order chi connectivity index (χ1) is 7.07. The van der Waals surface area contributed by atoms with Gasteiger partial charge >= 0.3 is 12.1 Å². The first-order valence-corrected chi connectivity index (χ1v) is 6.44. The molecule has 9 heteroatoms. The van der Waals surface area contributed by atoms with Crippen molar-refractivity contribution in [3.63, 3.8) is 0 Å². The number of thiophene rings is 1. The van der Waals surface area contributed by atoms with Gasteiger partial charge in [0.2, 0.25) is 0 Å². The summed E-state index contributed by atoms with van der Waals surface area (Å²) >= 11 is 11.9. The lowest BCUT2D eigenvalue weighted by atomic mass is 10.2. The summed E-state index contributed by atoms with van der Waals surface area (Å²) in [6, 6.07) is 1.13. The average Bonchev–Trinajstić information content (AvgIpc) is 2.43. The molecule has 0 aliphatic carbocycles. The van der Waals surface area contributed by atoms with E-state index in [1.807, 2.05) is 0 Å². The van der Waals surface area contributed by atoms with Crippen LogP contribution in [0.25, 0.3) is 0 Å². The van der Waals surface area contributed by atoms with Crippen LogP contribution in [0.2, 0.25) is 0 Å². The zero-order valence-corrected chi connectivity index (χ0v) is 11.8. The van der Waals surface area contributed by atoms with Gasteiger partial charge in [-0.1, -0.05) is 0 Å². The summed E-state index contributed by atoms with van der Waals surface area (Å²) in [6.45, 7) is 0. The molecule has 1 unspecified atom stereocenters. The van der Waals surface area contributed by atoms with Crippen LogP contribution in [0.1, 0.15) is 10.3 Å². The van der Waals surface area contributed by atoms with E-state index in [0.29, 0.717) is 8.26 Å². The van der Waals surface area contributed by atoms with Gasteiger partial charge in [-0.05, 0) is 37.9 Å². The molecule has 0 saturated carbocycles. The van der Waals surface area contributed by atoms with E-state index in [1.165, 1.54) is 0 Å². The number of hydrogen-bond donors (Lipinski definition) is 0. The molecule has 1 atom stereocenters. The summed E-state index contributed by atoms with van der Waals surface area (Å²) in [5, 5.41) is -2.43. The fourth-order valence-electron chi connectivity index (χ4n) is 0.811. The largest absolute Gasteiger partial charge is 0.455 e. The highest BCUT2D eigenvalue weighted by Crippen LogP contribution is 2.50. The third kappa shape index (κ3) is 2.70. The van der Waals surface area contributed by atoms with Crippen molar-refractivity contribution in [1.29, 1.82) is 0 Å². The molecule has 0 N–H and O–H groups in total. The smallest absolute Gasteiger partial charge is 0.194 e. The van der Waals surface area contributed by atoms with Crippen LogP contribution in [0.4, 0.5) is 22.0 Å². The van der Waals surface area contributed by atoms with Gasteiger partial charge in [0.05, 0.1) is 3.79 Å². The molecule has 92 valence electrons. The van der Waals surface area contributed by atoms with Crippen molar-refractivity contribution in [2.24, 2.45) is 0 Å². The maximum absolute atomic E-state index is 12.9. The number of hydrogen-bond acceptors (Lipinski definition) is 1. The van der Waals surface area contributed by atoms with Crippen molar-refractivity contribution in [2.45, 2.75) is 17.5 Å². The van der Waals surface area contributed by atoms with Crippen molar-refractivity contribution in [1.82, 2.24) is 0 Å². The third-order valence-electron chi connectivity index (χ3n) is 1.61. The first kappa shape index (κ1) is 14.7. The quantitative estimate of drug-likeness (QED) is 0.432. The molecule has 1 aromatic heterocycles. The van der Waals surface area contributed by atoms with Crippen LogP contribution >= 0.6 is 54.8 Å². The highest BCUT2D eigenvalue weighted by atomic mass is 79.9. The Hall–Kier alpha value is 0.600. The maximum atomic E-state index is 12.9. The fraction of sp³-hybridized carbons (Fsp3) is 0.429. The Labute approximate surface area is 113 Å². The minimum Gasteiger partial charge on any atom is -0.194 e. The van der Waals surface area contributed by atoms with Gasteiger partial charge in [-0.3, -0.25) is 0 Å². The normalized spacial score (nSPS) is 15.2. The van der Waals surface area contributed by atoms with E-state index in [2.05, 4.69) is 31.9 Å². The first-order valence-electron chi connectivity index (χ1n) is 3.60. The Morgan fingerprint density at radius 3 is 2.00 bits per heavy atom. The second kappa shape index (κ2) is 4.70. The van der Waals surface area contributed by atoms with Gasteiger partial charge in [-0.15, -0.1) is 22.9 Å². The van der Waals surface area contributed by atoms with Gasteiger partial charge in [0, 0.05) is 9.35 Å². The summed E-state index contributed by atoms with van der Waals surface area (Å²) in [4.78, 5) is -0.261. The Morgan fingerprint density at radius 1 is 1.19 bits per heavy atom. The molecule has 0 bridgehead atoms. The number of halogens is 8. The SMILES string of the molecule is FC(F)(F)C(F)(F)C(Cl)c1cc(Br)c(Br)s1. The third-order valence-corrected chi connectivity index (χ3v) is 5.57. The second-order valence-electron chi connectivity index (χ2n) is 2.75. The van der Waals surface area contributed by atoms with Gasteiger partial charge in [0.25, 0.3) is 0 Å². The van der Waals surface area contributed by atoms with Crippen molar-refractivity contribution in [3.8, 4) is 0 Å². The second-order valence-corrected chi connectivity index (χ2v) is 6.45. The molecule has 0 nitrogen and oxygen atoms in total.